The SMILES string of the molecule is CNC(=O)c1ccnc2c([C@H](C)CNc3cc(-c4ccn[nH]4)ncn3)cccc12.S. The van der Waals surface area contributed by atoms with Gasteiger partial charge in [-0.05, 0) is 17.7 Å². The fourth-order valence-electron chi connectivity index (χ4n) is 3.30. The van der Waals surface area contributed by atoms with Crippen LogP contribution in [0, 0.1) is 0 Å². The largest absolute Gasteiger partial charge is 0.369 e. The zero-order chi connectivity index (χ0) is 20.2. The number of aromatic nitrogens is 5. The molecule has 154 valence electrons. The second kappa shape index (κ2) is 9.36. The van der Waals surface area contributed by atoms with Gasteiger partial charge in [0.25, 0.3) is 5.91 Å². The minimum Gasteiger partial charge on any atom is -0.369 e. The number of hydrogen-bond donors (Lipinski definition) is 3. The van der Waals surface area contributed by atoms with E-state index in [4.69, 9.17) is 0 Å². The number of anilines is 1. The molecule has 8 nitrogen and oxygen atoms in total. The van der Waals surface area contributed by atoms with Gasteiger partial charge in [-0.1, -0.05) is 25.1 Å². The van der Waals surface area contributed by atoms with E-state index in [2.05, 4.69) is 42.7 Å². The van der Waals surface area contributed by atoms with Crippen molar-refractivity contribution in [2.75, 3.05) is 18.9 Å². The van der Waals surface area contributed by atoms with Gasteiger partial charge in [0.15, 0.2) is 0 Å². The van der Waals surface area contributed by atoms with Crippen molar-refractivity contribution < 1.29 is 4.79 Å². The van der Waals surface area contributed by atoms with E-state index in [-0.39, 0.29) is 25.3 Å². The Kier molecular flexibility index (Phi) is 6.63. The van der Waals surface area contributed by atoms with Crippen LogP contribution in [0.3, 0.4) is 0 Å². The number of amides is 1. The minimum absolute atomic E-state index is 0. The monoisotopic (exact) mass is 421 g/mol. The lowest BCUT2D eigenvalue weighted by atomic mass is 9.96. The van der Waals surface area contributed by atoms with Crippen LogP contribution in [0.15, 0.2) is 55.1 Å². The number of benzene rings is 1. The number of para-hydroxylation sites is 1. The van der Waals surface area contributed by atoms with E-state index < -0.39 is 0 Å². The smallest absolute Gasteiger partial charge is 0.251 e. The van der Waals surface area contributed by atoms with Crippen molar-refractivity contribution in [1.29, 1.82) is 0 Å². The first kappa shape index (κ1) is 21.3. The minimum atomic E-state index is -0.118. The fourth-order valence-corrected chi connectivity index (χ4v) is 3.30. The van der Waals surface area contributed by atoms with E-state index in [1.807, 2.05) is 30.3 Å². The van der Waals surface area contributed by atoms with E-state index in [9.17, 15) is 4.79 Å². The Morgan fingerprint density at radius 1 is 1.13 bits per heavy atom. The molecule has 1 amide bonds. The molecule has 0 fully saturated rings. The summed E-state index contributed by atoms with van der Waals surface area (Å²) in [5.74, 6) is 0.764. The molecule has 1 atom stereocenters. The predicted molar refractivity (Wildman–Crippen MR) is 122 cm³/mol. The highest BCUT2D eigenvalue weighted by molar-refractivity contribution is 7.59. The average molecular weight is 422 g/mol. The van der Waals surface area contributed by atoms with Crippen molar-refractivity contribution in [3.8, 4) is 11.4 Å². The third-order valence-electron chi connectivity index (χ3n) is 4.84. The number of pyridine rings is 1. The molecule has 0 saturated heterocycles. The van der Waals surface area contributed by atoms with Gasteiger partial charge >= 0.3 is 0 Å². The van der Waals surface area contributed by atoms with Crippen molar-refractivity contribution in [1.82, 2.24) is 30.5 Å². The Bertz CT molecular complexity index is 1150. The zero-order valence-corrected chi connectivity index (χ0v) is 17.7. The van der Waals surface area contributed by atoms with Crippen LogP contribution in [0.5, 0.6) is 0 Å². The van der Waals surface area contributed by atoms with Gasteiger partial charge in [0.05, 0.1) is 22.5 Å². The maximum Gasteiger partial charge on any atom is 0.251 e. The highest BCUT2D eigenvalue weighted by Gasteiger charge is 2.15. The van der Waals surface area contributed by atoms with Crippen molar-refractivity contribution in [2.24, 2.45) is 0 Å². The lowest BCUT2D eigenvalue weighted by molar-refractivity contribution is 0.0964. The third-order valence-corrected chi connectivity index (χ3v) is 4.84. The van der Waals surface area contributed by atoms with Crippen LogP contribution in [0.25, 0.3) is 22.3 Å². The molecule has 3 N–H and O–H groups in total. The first-order valence-electron chi connectivity index (χ1n) is 9.32. The molecule has 0 spiro atoms. The highest BCUT2D eigenvalue weighted by Crippen LogP contribution is 2.26. The number of nitrogens with one attached hydrogen (secondary N) is 3. The van der Waals surface area contributed by atoms with E-state index in [1.54, 1.807) is 25.5 Å². The van der Waals surface area contributed by atoms with Crippen LogP contribution in [-0.4, -0.2) is 44.6 Å². The van der Waals surface area contributed by atoms with Crippen molar-refractivity contribution in [2.45, 2.75) is 12.8 Å². The second-order valence-corrected chi connectivity index (χ2v) is 6.72. The topological polar surface area (TPSA) is 108 Å². The van der Waals surface area contributed by atoms with Crippen LogP contribution in [0.2, 0.25) is 0 Å². The van der Waals surface area contributed by atoms with Gasteiger partial charge in [-0.15, -0.1) is 0 Å². The fraction of sp³-hybridized carbons (Fsp3) is 0.190. The molecule has 30 heavy (non-hydrogen) atoms. The predicted octanol–water partition coefficient (Wildman–Crippen LogP) is 3.10. The molecule has 0 aliphatic carbocycles. The zero-order valence-electron chi connectivity index (χ0n) is 16.7. The van der Waals surface area contributed by atoms with Gasteiger partial charge in [-0.2, -0.15) is 18.6 Å². The van der Waals surface area contributed by atoms with Crippen molar-refractivity contribution in [3.63, 3.8) is 0 Å². The standard InChI is InChI=1S/C21H21N7O.H2S/c1-13(11-24-19-10-18(25-12-26-19)17-7-9-27-28-17)14-4-3-5-15-16(21(29)22-2)6-8-23-20(14)15;/h3-10,12-13H,11H2,1-2H3,(H,22,29)(H,27,28)(H,24,25,26);1H2/t13-;/m1./s1. The molecule has 3 aromatic heterocycles. The van der Waals surface area contributed by atoms with Crippen LogP contribution in [0.1, 0.15) is 28.8 Å². The number of H-pyrrole nitrogens is 1. The molecule has 0 radical (unpaired) electrons. The molecular formula is C21H23N7OS. The lowest BCUT2D eigenvalue weighted by Gasteiger charge is -2.16. The number of hydrogen-bond acceptors (Lipinski definition) is 6. The summed E-state index contributed by atoms with van der Waals surface area (Å²) < 4.78 is 0. The molecule has 3 heterocycles. The second-order valence-electron chi connectivity index (χ2n) is 6.72. The Morgan fingerprint density at radius 2 is 2.00 bits per heavy atom. The average Bonchev–Trinajstić information content (AvgIpc) is 3.31. The first-order chi connectivity index (χ1) is 14.2. The molecule has 0 unspecified atom stereocenters. The van der Waals surface area contributed by atoms with Gasteiger partial charge in [0.2, 0.25) is 0 Å². The summed E-state index contributed by atoms with van der Waals surface area (Å²) in [6, 6.07) is 11.4. The molecule has 4 aromatic rings. The van der Waals surface area contributed by atoms with Gasteiger partial charge in [-0.3, -0.25) is 14.9 Å². The van der Waals surface area contributed by atoms with E-state index in [0.717, 1.165) is 33.7 Å². The molecule has 0 aliphatic heterocycles. The third kappa shape index (κ3) is 4.25. The van der Waals surface area contributed by atoms with E-state index in [1.165, 1.54) is 6.33 Å². The maximum absolute atomic E-state index is 12.2. The van der Waals surface area contributed by atoms with Gasteiger partial charge in [0, 0.05) is 43.4 Å². The molecule has 0 aliphatic rings. The number of carbonyl (C=O) groups is 1. The number of fused-ring (bicyclic) bond motifs is 1. The van der Waals surface area contributed by atoms with Crippen molar-refractivity contribution >= 4 is 36.1 Å². The van der Waals surface area contributed by atoms with Crippen molar-refractivity contribution in [3.05, 3.63) is 66.2 Å². The van der Waals surface area contributed by atoms with Crippen LogP contribution < -0.4 is 10.6 Å². The highest BCUT2D eigenvalue weighted by atomic mass is 32.1. The Hall–Kier alpha value is -3.46. The van der Waals surface area contributed by atoms with Gasteiger partial charge in [-0.25, -0.2) is 9.97 Å². The van der Waals surface area contributed by atoms with Gasteiger partial charge < -0.3 is 10.6 Å². The molecule has 1 aromatic carbocycles. The summed E-state index contributed by atoms with van der Waals surface area (Å²) in [5.41, 5.74) is 4.14. The summed E-state index contributed by atoms with van der Waals surface area (Å²) in [7, 11) is 1.63. The Balaban J connectivity index is 0.00000256. The summed E-state index contributed by atoms with van der Waals surface area (Å²) in [6.45, 7) is 2.78. The normalized spacial score (nSPS) is 11.5. The van der Waals surface area contributed by atoms with Crippen LogP contribution >= 0.6 is 13.5 Å². The summed E-state index contributed by atoms with van der Waals surface area (Å²) >= 11 is 0. The number of aromatic amines is 1. The molecular weight excluding hydrogens is 398 g/mol. The lowest BCUT2D eigenvalue weighted by Crippen LogP contribution is -2.18. The van der Waals surface area contributed by atoms with E-state index >= 15 is 0 Å². The van der Waals surface area contributed by atoms with Crippen LogP contribution in [0.4, 0.5) is 5.82 Å². The number of rotatable bonds is 6. The summed E-state index contributed by atoms with van der Waals surface area (Å²) in [5, 5.41) is 13.8. The van der Waals surface area contributed by atoms with Gasteiger partial charge in [0.1, 0.15) is 12.1 Å². The Labute approximate surface area is 181 Å². The Morgan fingerprint density at radius 3 is 2.77 bits per heavy atom. The summed E-state index contributed by atoms with van der Waals surface area (Å²) in [6.07, 6.45) is 4.89. The summed E-state index contributed by atoms with van der Waals surface area (Å²) in [4.78, 5) is 25.3. The molecule has 0 bridgehead atoms. The number of carbonyl (C=O) groups excluding carboxylic acids is 1. The molecule has 4 rings (SSSR count). The maximum atomic E-state index is 12.2. The van der Waals surface area contributed by atoms with E-state index in [0.29, 0.717) is 12.1 Å². The quantitative estimate of drug-likeness (QED) is 0.441. The molecule has 9 heteroatoms. The number of nitrogens with zero attached hydrogens (tertiary/aromatic N) is 4. The first-order valence-corrected chi connectivity index (χ1v) is 9.32. The molecule has 0 saturated carbocycles. The van der Waals surface area contributed by atoms with Crippen LogP contribution in [-0.2, 0) is 0 Å².